The first-order chi connectivity index (χ1) is 7.54. The van der Waals surface area contributed by atoms with Crippen molar-refractivity contribution >= 4 is 0 Å². The van der Waals surface area contributed by atoms with E-state index in [4.69, 9.17) is 4.74 Å². The van der Waals surface area contributed by atoms with E-state index in [0.29, 0.717) is 25.1 Å². The fourth-order valence-corrected chi connectivity index (χ4v) is 1.36. The third kappa shape index (κ3) is 3.34. The van der Waals surface area contributed by atoms with Crippen molar-refractivity contribution in [3.05, 3.63) is 32.6 Å². The Bertz CT molecular complexity index is 445. The molecule has 0 aliphatic rings. The van der Waals surface area contributed by atoms with Crippen LogP contribution < -0.4 is 11.2 Å². The normalized spacial score (nSPS) is 11.0. The smallest absolute Gasteiger partial charge is 0.328 e. The molecule has 1 aromatic rings. The van der Waals surface area contributed by atoms with Crippen LogP contribution >= 0.6 is 0 Å². The van der Waals surface area contributed by atoms with Gasteiger partial charge in [-0.3, -0.25) is 14.3 Å². The molecule has 5 heteroatoms. The van der Waals surface area contributed by atoms with Crippen LogP contribution in [0, 0.1) is 0 Å². The maximum atomic E-state index is 11.4. The second-order valence-corrected chi connectivity index (χ2v) is 3.88. The standard InChI is InChI=1S/C11H18N2O3/c1-4-9-7-13(5-6-16-8(2)3)11(15)12-10(9)14/h7-8H,4-6H2,1-3H3,(H,12,14,15). The summed E-state index contributed by atoms with van der Waals surface area (Å²) in [5.41, 5.74) is -0.0627. The van der Waals surface area contributed by atoms with Gasteiger partial charge in [0.1, 0.15) is 0 Å². The molecule has 0 bridgehead atoms. The van der Waals surface area contributed by atoms with Gasteiger partial charge in [-0.05, 0) is 20.3 Å². The van der Waals surface area contributed by atoms with Gasteiger partial charge in [0.05, 0.1) is 19.3 Å². The average molecular weight is 226 g/mol. The van der Waals surface area contributed by atoms with Crippen LogP contribution in [0.4, 0.5) is 0 Å². The maximum Gasteiger partial charge on any atom is 0.328 e. The van der Waals surface area contributed by atoms with E-state index in [9.17, 15) is 9.59 Å². The molecule has 0 saturated heterocycles. The predicted molar refractivity (Wildman–Crippen MR) is 61.8 cm³/mol. The zero-order chi connectivity index (χ0) is 12.1. The van der Waals surface area contributed by atoms with Crippen LogP contribution in [-0.2, 0) is 17.7 Å². The minimum atomic E-state index is -0.380. The summed E-state index contributed by atoms with van der Waals surface area (Å²) >= 11 is 0. The summed E-state index contributed by atoms with van der Waals surface area (Å²) in [7, 11) is 0. The molecule has 1 heterocycles. The van der Waals surface area contributed by atoms with Gasteiger partial charge < -0.3 is 4.74 Å². The monoisotopic (exact) mass is 226 g/mol. The third-order valence-corrected chi connectivity index (χ3v) is 2.25. The minimum absolute atomic E-state index is 0.143. The van der Waals surface area contributed by atoms with E-state index in [2.05, 4.69) is 4.98 Å². The number of aryl methyl sites for hydroxylation is 1. The number of nitrogens with one attached hydrogen (secondary N) is 1. The fourth-order valence-electron chi connectivity index (χ4n) is 1.36. The van der Waals surface area contributed by atoms with Crippen LogP contribution in [-0.4, -0.2) is 22.3 Å². The lowest BCUT2D eigenvalue weighted by atomic mass is 10.3. The zero-order valence-corrected chi connectivity index (χ0v) is 9.95. The van der Waals surface area contributed by atoms with E-state index >= 15 is 0 Å². The number of aromatic nitrogens is 2. The van der Waals surface area contributed by atoms with Gasteiger partial charge >= 0.3 is 5.69 Å². The second-order valence-electron chi connectivity index (χ2n) is 3.88. The van der Waals surface area contributed by atoms with Gasteiger partial charge in [-0.15, -0.1) is 0 Å². The Kier molecular flexibility index (Phi) is 4.49. The molecular weight excluding hydrogens is 208 g/mol. The van der Waals surface area contributed by atoms with Gasteiger partial charge in [-0.2, -0.15) is 0 Å². The molecular formula is C11H18N2O3. The highest BCUT2D eigenvalue weighted by molar-refractivity contribution is 5.03. The lowest BCUT2D eigenvalue weighted by molar-refractivity contribution is 0.0720. The Morgan fingerprint density at radius 3 is 2.69 bits per heavy atom. The summed E-state index contributed by atoms with van der Waals surface area (Å²) in [6.45, 7) is 6.68. The Labute approximate surface area is 94.1 Å². The van der Waals surface area contributed by atoms with Gasteiger partial charge in [0.15, 0.2) is 0 Å². The molecule has 0 spiro atoms. The average Bonchev–Trinajstić information content (AvgIpc) is 2.20. The summed E-state index contributed by atoms with van der Waals surface area (Å²) in [6, 6.07) is 0. The fraction of sp³-hybridized carbons (Fsp3) is 0.636. The number of hydrogen-bond acceptors (Lipinski definition) is 3. The molecule has 0 amide bonds. The highest BCUT2D eigenvalue weighted by Crippen LogP contribution is 1.91. The van der Waals surface area contributed by atoms with Gasteiger partial charge in [-0.1, -0.05) is 6.92 Å². The molecule has 0 atom stereocenters. The highest BCUT2D eigenvalue weighted by Gasteiger charge is 2.03. The van der Waals surface area contributed by atoms with Crippen molar-refractivity contribution in [3.8, 4) is 0 Å². The molecule has 1 aromatic heterocycles. The number of hydrogen-bond donors (Lipinski definition) is 1. The molecule has 90 valence electrons. The van der Waals surface area contributed by atoms with Crippen molar-refractivity contribution in [1.29, 1.82) is 0 Å². The van der Waals surface area contributed by atoms with Crippen molar-refractivity contribution < 1.29 is 4.74 Å². The number of H-pyrrole nitrogens is 1. The zero-order valence-electron chi connectivity index (χ0n) is 9.95. The molecule has 16 heavy (non-hydrogen) atoms. The molecule has 1 rings (SSSR count). The number of ether oxygens (including phenoxy) is 1. The van der Waals surface area contributed by atoms with Crippen molar-refractivity contribution in [2.75, 3.05) is 6.61 Å². The summed E-state index contributed by atoms with van der Waals surface area (Å²) < 4.78 is 6.83. The van der Waals surface area contributed by atoms with E-state index in [1.54, 1.807) is 6.20 Å². The first kappa shape index (κ1) is 12.7. The molecule has 0 fully saturated rings. The van der Waals surface area contributed by atoms with E-state index in [1.807, 2.05) is 20.8 Å². The number of nitrogens with zero attached hydrogens (tertiary/aromatic N) is 1. The highest BCUT2D eigenvalue weighted by atomic mass is 16.5. The van der Waals surface area contributed by atoms with Crippen molar-refractivity contribution in [2.45, 2.75) is 39.8 Å². The molecule has 1 N–H and O–H groups in total. The van der Waals surface area contributed by atoms with Crippen LogP contribution in [0.5, 0.6) is 0 Å². The molecule has 0 saturated carbocycles. The first-order valence-electron chi connectivity index (χ1n) is 5.48. The molecule has 0 unspecified atom stereocenters. The van der Waals surface area contributed by atoms with Crippen LogP contribution in [0.2, 0.25) is 0 Å². The van der Waals surface area contributed by atoms with Gasteiger partial charge in [-0.25, -0.2) is 4.79 Å². The van der Waals surface area contributed by atoms with E-state index < -0.39 is 0 Å². The van der Waals surface area contributed by atoms with Gasteiger partial charge in [0, 0.05) is 11.8 Å². The summed E-state index contributed by atoms with van der Waals surface area (Å²) in [5, 5.41) is 0. The van der Waals surface area contributed by atoms with Crippen molar-refractivity contribution in [1.82, 2.24) is 9.55 Å². The van der Waals surface area contributed by atoms with Crippen LogP contribution in [0.3, 0.4) is 0 Å². The SMILES string of the molecule is CCc1cn(CCOC(C)C)c(=O)[nH]c1=O. The maximum absolute atomic E-state index is 11.4. The largest absolute Gasteiger partial charge is 0.377 e. The van der Waals surface area contributed by atoms with Crippen LogP contribution in [0.1, 0.15) is 26.3 Å². The summed E-state index contributed by atoms with van der Waals surface area (Å²) in [5.74, 6) is 0. The third-order valence-electron chi connectivity index (χ3n) is 2.25. The topological polar surface area (TPSA) is 64.1 Å². The van der Waals surface area contributed by atoms with Crippen molar-refractivity contribution in [3.63, 3.8) is 0 Å². The summed E-state index contributed by atoms with van der Waals surface area (Å²) in [4.78, 5) is 25.0. The lowest BCUT2D eigenvalue weighted by Crippen LogP contribution is -2.32. The lowest BCUT2D eigenvalue weighted by Gasteiger charge is -2.09. The Morgan fingerprint density at radius 1 is 1.44 bits per heavy atom. The summed E-state index contributed by atoms with van der Waals surface area (Å²) in [6.07, 6.45) is 2.36. The molecule has 0 aromatic carbocycles. The van der Waals surface area contributed by atoms with Crippen LogP contribution in [0.25, 0.3) is 0 Å². The quantitative estimate of drug-likeness (QED) is 0.796. The molecule has 0 aliphatic carbocycles. The minimum Gasteiger partial charge on any atom is -0.377 e. The number of aromatic amines is 1. The van der Waals surface area contributed by atoms with E-state index in [1.165, 1.54) is 4.57 Å². The molecule has 0 radical (unpaired) electrons. The Balaban J connectivity index is 2.80. The predicted octanol–water partition coefficient (Wildman–Crippen LogP) is 0.524. The number of rotatable bonds is 5. The Morgan fingerprint density at radius 2 is 2.12 bits per heavy atom. The van der Waals surface area contributed by atoms with Gasteiger partial charge in [0.2, 0.25) is 0 Å². The Hall–Kier alpha value is -1.36. The second kappa shape index (κ2) is 5.65. The van der Waals surface area contributed by atoms with E-state index in [0.717, 1.165) is 0 Å². The first-order valence-corrected chi connectivity index (χ1v) is 5.48. The molecule has 5 nitrogen and oxygen atoms in total. The van der Waals surface area contributed by atoms with E-state index in [-0.39, 0.29) is 17.4 Å². The van der Waals surface area contributed by atoms with Crippen LogP contribution in [0.15, 0.2) is 15.8 Å². The van der Waals surface area contributed by atoms with Gasteiger partial charge in [0.25, 0.3) is 5.56 Å². The van der Waals surface area contributed by atoms with Crippen molar-refractivity contribution in [2.24, 2.45) is 0 Å². The molecule has 0 aliphatic heterocycles.